The number of nitrogens with two attached hydrogens (primary N) is 1. The molecule has 0 bridgehead atoms. The molecule has 1 unspecified atom stereocenters. The van der Waals surface area contributed by atoms with Gasteiger partial charge in [0.2, 0.25) is 0 Å². The van der Waals surface area contributed by atoms with Crippen LogP contribution in [0.5, 0.6) is 5.75 Å². The third-order valence-electron chi connectivity index (χ3n) is 4.13. The molecule has 1 aromatic rings. The van der Waals surface area contributed by atoms with E-state index in [1.165, 1.54) is 31.2 Å². The molecule has 1 aliphatic heterocycles. The van der Waals surface area contributed by atoms with Gasteiger partial charge in [0.1, 0.15) is 11.6 Å². The van der Waals surface area contributed by atoms with Crippen LogP contribution in [0.15, 0.2) is 18.2 Å². The third kappa shape index (κ3) is 3.51. The summed E-state index contributed by atoms with van der Waals surface area (Å²) in [4.78, 5) is 2.54. The number of hydrogen-bond donors (Lipinski definition) is 2. The molecule has 1 saturated heterocycles. The van der Waals surface area contributed by atoms with Crippen LogP contribution >= 0.6 is 0 Å². The summed E-state index contributed by atoms with van der Waals surface area (Å²) in [6.45, 7) is 4.42. The fraction of sp³-hybridized carbons (Fsp3) is 0.562. The first-order valence-electron chi connectivity index (χ1n) is 7.37. The molecule has 0 saturated carbocycles. The zero-order valence-electron chi connectivity index (χ0n) is 12.5. The molecule has 1 atom stereocenters. The van der Waals surface area contributed by atoms with Crippen LogP contribution in [0.2, 0.25) is 0 Å². The van der Waals surface area contributed by atoms with E-state index >= 15 is 0 Å². The Bertz CT molecular complexity index is 473. The predicted molar refractivity (Wildman–Crippen MR) is 82.4 cm³/mol. The van der Waals surface area contributed by atoms with E-state index < -0.39 is 0 Å². The molecule has 4 heteroatoms. The van der Waals surface area contributed by atoms with Gasteiger partial charge in [-0.25, -0.2) is 0 Å². The molecule has 0 amide bonds. The summed E-state index contributed by atoms with van der Waals surface area (Å²) in [5, 5.41) is 7.55. The topological polar surface area (TPSA) is 62.3 Å². The van der Waals surface area contributed by atoms with E-state index in [0.717, 1.165) is 13.1 Å². The maximum Gasteiger partial charge on any atom is 0.130 e. The maximum absolute atomic E-state index is 7.55. The van der Waals surface area contributed by atoms with Gasteiger partial charge < -0.3 is 10.5 Å². The van der Waals surface area contributed by atoms with Gasteiger partial charge in [0.05, 0.1) is 12.7 Å². The summed E-state index contributed by atoms with van der Waals surface area (Å²) in [7, 11) is 1.63. The van der Waals surface area contributed by atoms with E-state index in [0.29, 0.717) is 17.4 Å². The van der Waals surface area contributed by atoms with Crippen molar-refractivity contribution in [2.24, 2.45) is 5.73 Å². The number of amidine groups is 1. The van der Waals surface area contributed by atoms with Crippen LogP contribution < -0.4 is 10.5 Å². The van der Waals surface area contributed by atoms with Gasteiger partial charge in [-0.15, -0.1) is 0 Å². The minimum Gasteiger partial charge on any atom is -0.496 e. The third-order valence-corrected chi connectivity index (χ3v) is 4.13. The molecule has 1 aromatic carbocycles. The van der Waals surface area contributed by atoms with Gasteiger partial charge >= 0.3 is 0 Å². The van der Waals surface area contributed by atoms with E-state index in [1.54, 1.807) is 7.11 Å². The van der Waals surface area contributed by atoms with Gasteiger partial charge in [-0.3, -0.25) is 10.3 Å². The van der Waals surface area contributed by atoms with Crippen molar-refractivity contribution in [3.63, 3.8) is 0 Å². The van der Waals surface area contributed by atoms with Crippen molar-refractivity contribution in [1.82, 2.24) is 4.90 Å². The molecule has 0 spiro atoms. The van der Waals surface area contributed by atoms with Crippen LogP contribution in [-0.2, 0) is 6.54 Å². The van der Waals surface area contributed by atoms with Gasteiger partial charge in [-0.1, -0.05) is 18.9 Å². The normalized spacial score (nSPS) is 20.4. The Morgan fingerprint density at radius 1 is 1.40 bits per heavy atom. The maximum atomic E-state index is 7.55. The molecule has 0 radical (unpaired) electrons. The second-order valence-electron chi connectivity index (χ2n) is 5.62. The Hall–Kier alpha value is -1.55. The van der Waals surface area contributed by atoms with Gasteiger partial charge in [0.15, 0.2) is 0 Å². The molecule has 20 heavy (non-hydrogen) atoms. The Kier molecular flexibility index (Phi) is 5.01. The molecule has 110 valence electrons. The quantitative estimate of drug-likeness (QED) is 0.656. The van der Waals surface area contributed by atoms with Gasteiger partial charge in [0.25, 0.3) is 0 Å². The van der Waals surface area contributed by atoms with Crippen molar-refractivity contribution in [3.05, 3.63) is 29.3 Å². The summed E-state index contributed by atoms with van der Waals surface area (Å²) >= 11 is 0. The molecule has 3 N–H and O–H groups in total. The highest BCUT2D eigenvalue weighted by Gasteiger charge is 2.17. The summed E-state index contributed by atoms with van der Waals surface area (Å²) in [5.41, 5.74) is 7.45. The molecular weight excluding hydrogens is 250 g/mol. The zero-order valence-corrected chi connectivity index (χ0v) is 12.5. The summed E-state index contributed by atoms with van der Waals surface area (Å²) in [6.07, 6.45) is 5.24. The number of nitrogen functional groups attached to an aromatic ring is 1. The summed E-state index contributed by atoms with van der Waals surface area (Å²) < 4.78 is 5.35. The first-order chi connectivity index (χ1) is 9.61. The Balaban J connectivity index is 2.14. The molecule has 1 heterocycles. The van der Waals surface area contributed by atoms with Crippen molar-refractivity contribution >= 4 is 5.84 Å². The van der Waals surface area contributed by atoms with Crippen molar-refractivity contribution in [3.8, 4) is 5.75 Å². The van der Waals surface area contributed by atoms with Crippen LogP contribution in [0.25, 0.3) is 0 Å². The van der Waals surface area contributed by atoms with Crippen LogP contribution in [0.4, 0.5) is 0 Å². The van der Waals surface area contributed by atoms with E-state index in [-0.39, 0.29) is 5.84 Å². The van der Waals surface area contributed by atoms with Gasteiger partial charge in [-0.05, 0) is 44.0 Å². The van der Waals surface area contributed by atoms with Crippen LogP contribution in [-0.4, -0.2) is 30.4 Å². The number of nitrogens with one attached hydrogen (secondary N) is 1. The summed E-state index contributed by atoms with van der Waals surface area (Å²) in [6, 6.07) is 6.58. The Labute approximate surface area is 121 Å². The number of rotatable bonds is 4. The van der Waals surface area contributed by atoms with E-state index in [4.69, 9.17) is 15.9 Å². The molecule has 4 nitrogen and oxygen atoms in total. The lowest BCUT2D eigenvalue weighted by Gasteiger charge is -2.27. The zero-order chi connectivity index (χ0) is 14.5. The lowest BCUT2D eigenvalue weighted by molar-refractivity contribution is 0.204. The number of hydrogen-bond acceptors (Lipinski definition) is 3. The first-order valence-corrected chi connectivity index (χ1v) is 7.37. The lowest BCUT2D eigenvalue weighted by Crippen LogP contribution is -2.32. The van der Waals surface area contributed by atoms with Crippen LogP contribution in [0.3, 0.4) is 0 Å². The van der Waals surface area contributed by atoms with Gasteiger partial charge in [-0.2, -0.15) is 0 Å². The first kappa shape index (κ1) is 14.9. The predicted octanol–water partition coefficient (Wildman–Crippen LogP) is 2.74. The fourth-order valence-corrected chi connectivity index (χ4v) is 2.86. The second-order valence-corrected chi connectivity index (χ2v) is 5.62. The molecule has 0 aromatic heterocycles. The molecule has 0 aliphatic carbocycles. The number of likely N-dealkylation sites (tertiary alicyclic amines) is 1. The number of benzene rings is 1. The average molecular weight is 275 g/mol. The van der Waals surface area contributed by atoms with Gasteiger partial charge in [0, 0.05) is 12.6 Å². The molecule has 1 aliphatic rings. The van der Waals surface area contributed by atoms with Crippen LogP contribution in [0, 0.1) is 5.41 Å². The molecular formula is C16H25N3O. The number of methoxy groups -OCH3 is 1. The number of nitrogens with zero attached hydrogens (tertiary/aromatic N) is 1. The SMILES string of the molecule is COc1cc(CN2CCCCCC2C)ccc1C(=N)N. The van der Waals surface area contributed by atoms with Crippen molar-refractivity contribution in [2.75, 3.05) is 13.7 Å². The van der Waals surface area contributed by atoms with E-state index in [9.17, 15) is 0 Å². The highest BCUT2D eigenvalue weighted by atomic mass is 16.5. The molecule has 2 rings (SSSR count). The minimum atomic E-state index is 0.0524. The highest BCUT2D eigenvalue weighted by molar-refractivity contribution is 5.97. The minimum absolute atomic E-state index is 0.0524. The fourth-order valence-electron chi connectivity index (χ4n) is 2.86. The van der Waals surface area contributed by atoms with Crippen molar-refractivity contribution < 1.29 is 4.74 Å². The van der Waals surface area contributed by atoms with Crippen LogP contribution in [0.1, 0.15) is 43.7 Å². The smallest absolute Gasteiger partial charge is 0.130 e. The van der Waals surface area contributed by atoms with Crippen molar-refractivity contribution in [1.29, 1.82) is 5.41 Å². The molecule has 1 fully saturated rings. The second kappa shape index (κ2) is 6.75. The summed E-state index contributed by atoms with van der Waals surface area (Å²) in [5.74, 6) is 0.744. The lowest BCUT2D eigenvalue weighted by atomic mass is 10.1. The Morgan fingerprint density at radius 3 is 2.90 bits per heavy atom. The monoisotopic (exact) mass is 275 g/mol. The standard InChI is InChI=1S/C16H25N3O/c1-12-6-4-3-5-9-19(12)11-13-7-8-14(16(17)18)15(10-13)20-2/h7-8,10,12H,3-6,9,11H2,1-2H3,(H3,17,18). The van der Waals surface area contributed by atoms with E-state index in [1.807, 2.05) is 12.1 Å². The highest BCUT2D eigenvalue weighted by Crippen LogP contribution is 2.23. The van der Waals surface area contributed by atoms with Crippen molar-refractivity contribution in [2.45, 2.75) is 45.2 Å². The largest absolute Gasteiger partial charge is 0.496 e. The van der Waals surface area contributed by atoms with E-state index in [2.05, 4.69) is 17.9 Å². The Morgan fingerprint density at radius 2 is 2.20 bits per heavy atom. The average Bonchev–Trinajstić information content (AvgIpc) is 2.64. The number of ether oxygens (including phenoxy) is 1.